The minimum atomic E-state index is -0.589. The molecule has 5 nitrogen and oxygen atoms in total. The molecule has 1 aliphatic rings. The Morgan fingerprint density at radius 1 is 1.24 bits per heavy atom. The number of hydrogen-bond donors (Lipinski definition) is 2. The first kappa shape index (κ1) is 19.3. The molecule has 138 valence electrons. The van der Waals surface area contributed by atoms with Gasteiger partial charge in [0, 0.05) is 11.6 Å². The SMILES string of the molecule is CCOc1ccc(C)cc1C(C)NC(=O)C(=O)NC1CCCCC1C. The van der Waals surface area contributed by atoms with Gasteiger partial charge in [-0.25, -0.2) is 0 Å². The van der Waals surface area contributed by atoms with Gasteiger partial charge < -0.3 is 15.4 Å². The normalized spacial score (nSPS) is 21.3. The predicted octanol–water partition coefficient (Wildman–Crippen LogP) is 3.27. The molecule has 25 heavy (non-hydrogen) atoms. The van der Waals surface area contributed by atoms with Crippen molar-refractivity contribution in [3.8, 4) is 5.75 Å². The topological polar surface area (TPSA) is 67.4 Å². The van der Waals surface area contributed by atoms with Gasteiger partial charge in [-0.2, -0.15) is 0 Å². The zero-order valence-electron chi connectivity index (χ0n) is 15.7. The molecule has 0 heterocycles. The summed E-state index contributed by atoms with van der Waals surface area (Å²) in [6.07, 6.45) is 4.35. The van der Waals surface area contributed by atoms with E-state index in [0.717, 1.165) is 36.1 Å². The second-order valence-electron chi connectivity index (χ2n) is 7.01. The molecule has 3 unspecified atom stereocenters. The molecule has 5 heteroatoms. The molecule has 0 aliphatic heterocycles. The number of hydrogen-bond acceptors (Lipinski definition) is 3. The maximum Gasteiger partial charge on any atom is 0.309 e. The molecular weight excluding hydrogens is 316 g/mol. The fourth-order valence-electron chi connectivity index (χ4n) is 3.40. The molecule has 1 aromatic rings. The zero-order chi connectivity index (χ0) is 18.4. The van der Waals surface area contributed by atoms with Crippen molar-refractivity contribution >= 4 is 11.8 Å². The van der Waals surface area contributed by atoms with Crippen LogP contribution in [-0.4, -0.2) is 24.5 Å². The lowest BCUT2D eigenvalue weighted by Gasteiger charge is -2.29. The second-order valence-corrected chi connectivity index (χ2v) is 7.01. The van der Waals surface area contributed by atoms with Crippen LogP contribution in [0.25, 0.3) is 0 Å². The average Bonchev–Trinajstić information content (AvgIpc) is 2.58. The van der Waals surface area contributed by atoms with E-state index in [0.29, 0.717) is 12.5 Å². The Bertz CT molecular complexity index is 615. The number of nitrogens with one attached hydrogen (secondary N) is 2. The summed E-state index contributed by atoms with van der Waals surface area (Å²) in [4.78, 5) is 24.5. The zero-order valence-corrected chi connectivity index (χ0v) is 15.7. The van der Waals surface area contributed by atoms with E-state index < -0.39 is 11.8 Å². The van der Waals surface area contributed by atoms with E-state index in [9.17, 15) is 9.59 Å². The fourth-order valence-corrected chi connectivity index (χ4v) is 3.40. The van der Waals surface area contributed by atoms with E-state index in [4.69, 9.17) is 4.74 Å². The molecule has 0 bridgehead atoms. The van der Waals surface area contributed by atoms with Gasteiger partial charge in [-0.3, -0.25) is 9.59 Å². The lowest BCUT2D eigenvalue weighted by molar-refractivity contribution is -0.140. The lowest BCUT2D eigenvalue weighted by Crippen LogP contribution is -2.48. The highest BCUT2D eigenvalue weighted by atomic mass is 16.5. The Morgan fingerprint density at radius 2 is 1.96 bits per heavy atom. The van der Waals surface area contributed by atoms with Crippen LogP contribution in [0, 0.1) is 12.8 Å². The van der Waals surface area contributed by atoms with Crippen LogP contribution in [0.5, 0.6) is 5.75 Å². The average molecular weight is 346 g/mol. The molecular formula is C20H30N2O3. The Labute approximate surface area is 150 Å². The van der Waals surface area contributed by atoms with Crippen molar-refractivity contribution in [3.05, 3.63) is 29.3 Å². The van der Waals surface area contributed by atoms with Crippen LogP contribution >= 0.6 is 0 Å². The first-order valence-electron chi connectivity index (χ1n) is 9.27. The molecule has 3 atom stereocenters. The van der Waals surface area contributed by atoms with E-state index in [1.165, 1.54) is 6.42 Å². The third-order valence-corrected chi connectivity index (χ3v) is 4.91. The predicted molar refractivity (Wildman–Crippen MR) is 98.5 cm³/mol. The van der Waals surface area contributed by atoms with Gasteiger partial charge in [0.15, 0.2) is 0 Å². The Hall–Kier alpha value is -2.04. The van der Waals surface area contributed by atoms with Crippen molar-refractivity contribution < 1.29 is 14.3 Å². The maximum atomic E-state index is 12.3. The Kier molecular flexibility index (Phi) is 6.85. The van der Waals surface area contributed by atoms with Crippen molar-refractivity contribution in [3.63, 3.8) is 0 Å². The Morgan fingerprint density at radius 3 is 2.64 bits per heavy atom. The van der Waals surface area contributed by atoms with E-state index in [1.807, 2.05) is 39.0 Å². The highest BCUT2D eigenvalue weighted by molar-refractivity contribution is 6.35. The van der Waals surface area contributed by atoms with Gasteiger partial charge in [-0.05, 0) is 45.6 Å². The smallest absolute Gasteiger partial charge is 0.309 e. The second kappa shape index (κ2) is 8.88. The van der Waals surface area contributed by atoms with Crippen LogP contribution < -0.4 is 15.4 Å². The van der Waals surface area contributed by atoms with Gasteiger partial charge in [-0.15, -0.1) is 0 Å². The molecule has 1 saturated carbocycles. The molecule has 1 aromatic carbocycles. The van der Waals surface area contributed by atoms with Gasteiger partial charge in [-0.1, -0.05) is 37.5 Å². The van der Waals surface area contributed by atoms with Crippen molar-refractivity contribution in [1.29, 1.82) is 0 Å². The summed E-state index contributed by atoms with van der Waals surface area (Å²) in [5, 5.41) is 5.69. The van der Waals surface area contributed by atoms with Crippen molar-refractivity contribution in [1.82, 2.24) is 10.6 Å². The summed E-state index contributed by atoms with van der Waals surface area (Å²) in [6, 6.07) is 5.65. The van der Waals surface area contributed by atoms with Gasteiger partial charge in [0.25, 0.3) is 0 Å². The maximum absolute atomic E-state index is 12.3. The first-order chi connectivity index (χ1) is 11.9. The van der Waals surface area contributed by atoms with Crippen molar-refractivity contribution in [2.45, 2.75) is 65.5 Å². The van der Waals surface area contributed by atoms with Crippen LogP contribution in [0.15, 0.2) is 18.2 Å². The number of aryl methyl sites for hydroxylation is 1. The van der Waals surface area contributed by atoms with Crippen LogP contribution in [0.2, 0.25) is 0 Å². The molecule has 0 spiro atoms. The molecule has 0 saturated heterocycles. The molecule has 2 rings (SSSR count). The van der Waals surface area contributed by atoms with Crippen LogP contribution in [-0.2, 0) is 9.59 Å². The lowest BCUT2D eigenvalue weighted by atomic mass is 9.86. The fraction of sp³-hybridized carbons (Fsp3) is 0.600. The summed E-state index contributed by atoms with van der Waals surface area (Å²) in [5.74, 6) is 0.0249. The van der Waals surface area contributed by atoms with Crippen LogP contribution in [0.3, 0.4) is 0 Å². The summed E-state index contributed by atoms with van der Waals surface area (Å²) < 4.78 is 5.64. The summed E-state index contributed by atoms with van der Waals surface area (Å²) in [6.45, 7) is 8.46. The summed E-state index contributed by atoms with van der Waals surface area (Å²) in [7, 11) is 0. The van der Waals surface area contributed by atoms with Crippen LogP contribution in [0.1, 0.15) is 63.6 Å². The van der Waals surface area contributed by atoms with E-state index in [2.05, 4.69) is 17.6 Å². The number of carbonyl (C=O) groups is 2. The summed E-state index contributed by atoms with van der Waals surface area (Å²) in [5.41, 5.74) is 1.97. The molecule has 2 N–H and O–H groups in total. The number of rotatable bonds is 5. The summed E-state index contributed by atoms with van der Waals surface area (Å²) >= 11 is 0. The molecule has 0 radical (unpaired) electrons. The van der Waals surface area contributed by atoms with E-state index in [1.54, 1.807) is 0 Å². The van der Waals surface area contributed by atoms with Gasteiger partial charge in [0.05, 0.1) is 12.6 Å². The molecule has 1 aliphatic carbocycles. The number of benzene rings is 1. The quantitative estimate of drug-likeness (QED) is 0.804. The third-order valence-electron chi connectivity index (χ3n) is 4.91. The highest BCUT2D eigenvalue weighted by Crippen LogP contribution is 2.27. The van der Waals surface area contributed by atoms with E-state index in [-0.39, 0.29) is 12.1 Å². The van der Waals surface area contributed by atoms with Crippen LogP contribution in [0.4, 0.5) is 0 Å². The number of carbonyl (C=O) groups excluding carboxylic acids is 2. The molecule has 2 amide bonds. The molecule has 0 aromatic heterocycles. The minimum absolute atomic E-state index is 0.0975. The minimum Gasteiger partial charge on any atom is -0.494 e. The monoisotopic (exact) mass is 346 g/mol. The number of ether oxygens (including phenoxy) is 1. The van der Waals surface area contributed by atoms with E-state index >= 15 is 0 Å². The van der Waals surface area contributed by atoms with Gasteiger partial charge >= 0.3 is 11.8 Å². The Balaban J connectivity index is 1.99. The standard InChI is InChI=1S/C20H30N2O3/c1-5-25-18-11-10-13(2)12-16(18)15(4)21-19(23)20(24)22-17-9-7-6-8-14(17)3/h10-12,14-15,17H,5-9H2,1-4H3,(H,21,23)(H,22,24). The van der Waals surface area contributed by atoms with Gasteiger partial charge in [0.1, 0.15) is 5.75 Å². The highest BCUT2D eigenvalue weighted by Gasteiger charge is 2.26. The van der Waals surface area contributed by atoms with Crippen molar-refractivity contribution in [2.75, 3.05) is 6.61 Å². The first-order valence-corrected chi connectivity index (χ1v) is 9.27. The number of amides is 2. The van der Waals surface area contributed by atoms with Gasteiger partial charge in [0.2, 0.25) is 0 Å². The van der Waals surface area contributed by atoms with Crippen molar-refractivity contribution in [2.24, 2.45) is 5.92 Å². The third kappa shape index (κ3) is 5.21. The largest absolute Gasteiger partial charge is 0.494 e. The molecule has 1 fully saturated rings.